The molecule has 4 nitrogen and oxygen atoms in total. The van der Waals surface area contributed by atoms with Crippen molar-refractivity contribution in [2.24, 2.45) is 0 Å². The number of amides is 2. The standard InChI is InChI=1S/C16H17F2N3OS/c17-12-3-4-15(14(18)10-12)19-16(22)21-7-5-20(6-8-21)11-13-2-1-9-23-13/h1-4,9-10H,5-8,11H2,(H,19,22). The van der Waals surface area contributed by atoms with Crippen molar-refractivity contribution in [1.82, 2.24) is 9.80 Å². The lowest BCUT2D eigenvalue weighted by Crippen LogP contribution is -2.49. The highest BCUT2D eigenvalue weighted by Crippen LogP contribution is 2.17. The highest BCUT2D eigenvalue weighted by molar-refractivity contribution is 7.09. The molecule has 122 valence electrons. The maximum absolute atomic E-state index is 13.6. The van der Waals surface area contributed by atoms with Crippen LogP contribution in [0.4, 0.5) is 19.3 Å². The fourth-order valence-electron chi connectivity index (χ4n) is 2.52. The summed E-state index contributed by atoms with van der Waals surface area (Å²) in [5.74, 6) is -1.43. The number of halogens is 2. The van der Waals surface area contributed by atoms with E-state index in [4.69, 9.17) is 0 Å². The number of carbonyl (C=O) groups excluding carboxylic acids is 1. The second-order valence-electron chi connectivity index (χ2n) is 5.40. The Morgan fingerprint density at radius 1 is 1.17 bits per heavy atom. The third kappa shape index (κ3) is 4.05. The van der Waals surface area contributed by atoms with Crippen LogP contribution in [0.5, 0.6) is 0 Å². The monoisotopic (exact) mass is 337 g/mol. The lowest BCUT2D eigenvalue weighted by atomic mass is 10.3. The van der Waals surface area contributed by atoms with Gasteiger partial charge in [0.15, 0.2) is 0 Å². The Bertz CT molecular complexity index is 670. The van der Waals surface area contributed by atoms with Crippen LogP contribution in [0.3, 0.4) is 0 Å². The molecule has 0 saturated carbocycles. The Balaban J connectivity index is 1.51. The molecule has 1 aromatic carbocycles. The maximum Gasteiger partial charge on any atom is 0.322 e. The van der Waals surface area contributed by atoms with Crippen LogP contribution in [-0.4, -0.2) is 42.0 Å². The Labute approximate surface area is 137 Å². The number of nitrogens with zero attached hydrogens (tertiary/aromatic N) is 2. The number of rotatable bonds is 3. The topological polar surface area (TPSA) is 35.6 Å². The molecule has 1 aromatic heterocycles. The molecule has 0 bridgehead atoms. The van der Waals surface area contributed by atoms with Gasteiger partial charge in [-0.3, -0.25) is 4.90 Å². The summed E-state index contributed by atoms with van der Waals surface area (Å²) in [7, 11) is 0. The first-order chi connectivity index (χ1) is 11.1. The van der Waals surface area contributed by atoms with Crippen LogP contribution in [0.2, 0.25) is 0 Å². The molecule has 23 heavy (non-hydrogen) atoms. The SMILES string of the molecule is O=C(Nc1ccc(F)cc1F)N1CCN(Cc2cccs2)CC1. The van der Waals surface area contributed by atoms with Crippen LogP contribution in [0.15, 0.2) is 35.7 Å². The Kier molecular flexibility index (Phi) is 4.88. The van der Waals surface area contributed by atoms with Gasteiger partial charge in [0.1, 0.15) is 11.6 Å². The zero-order valence-electron chi connectivity index (χ0n) is 12.5. The van der Waals surface area contributed by atoms with E-state index in [1.54, 1.807) is 16.2 Å². The smallest absolute Gasteiger partial charge is 0.322 e. The molecule has 1 N–H and O–H groups in total. The van der Waals surface area contributed by atoms with E-state index >= 15 is 0 Å². The van der Waals surface area contributed by atoms with Crippen molar-refractivity contribution in [2.75, 3.05) is 31.5 Å². The summed E-state index contributed by atoms with van der Waals surface area (Å²) in [4.78, 5) is 17.4. The molecule has 3 rings (SSSR count). The maximum atomic E-state index is 13.6. The van der Waals surface area contributed by atoms with Gasteiger partial charge >= 0.3 is 6.03 Å². The fourth-order valence-corrected chi connectivity index (χ4v) is 3.26. The molecule has 1 aliphatic heterocycles. The summed E-state index contributed by atoms with van der Waals surface area (Å²) in [5, 5.41) is 4.55. The number of thiophene rings is 1. The summed E-state index contributed by atoms with van der Waals surface area (Å²) in [6.45, 7) is 3.61. The Morgan fingerprint density at radius 2 is 1.96 bits per heavy atom. The van der Waals surface area contributed by atoms with Crippen molar-refractivity contribution in [1.29, 1.82) is 0 Å². The predicted molar refractivity (Wildman–Crippen MR) is 86.5 cm³/mol. The van der Waals surface area contributed by atoms with Gasteiger partial charge < -0.3 is 10.2 Å². The first-order valence-corrected chi connectivity index (χ1v) is 8.25. The number of piperazine rings is 1. The van der Waals surface area contributed by atoms with Gasteiger partial charge in [0.05, 0.1) is 5.69 Å². The molecule has 2 heterocycles. The third-order valence-electron chi connectivity index (χ3n) is 3.79. The zero-order chi connectivity index (χ0) is 16.2. The number of hydrogen-bond donors (Lipinski definition) is 1. The molecular formula is C16H17F2N3OS. The van der Waals surface area contributed by atoms with Gasteiger partial charge in [-0.25, -0.2) is 13.6 Å². The highest BCUT2D eigenvalue weighted by atomic mass is 32.1. The van der Waals surface area contributed by atoms with E-state index in [1.165, 1.54) is 10.9 Å². The average molecular weight is 337 g/mol. The molecule has 0 spiro atoms. The quantitative estimate of drug-likeness (QED) is 0.932. The van der Waals surface area contributed by atoms with Crippen molar-refractivity contribution in [3.8, 4) is 0 Å². The number of anilines is 1. The summed E-state index contributed by atoms with van der Waals surface area (Å²) in [5.41, 5.74) is -0.00239. The van der Waals surface area contributed by atoms with E-state index in [1.807, 2.05) is 6.07 Å². The number of benzene rings is 1. The van der Waals surface area contributed by atoms with Crippen LogP contribution < -0.4 is 5.32 Å². The number of hydrogen-bond acceptors (Lipinski definition) is 3. The normalized spacial score (nSPS) is 15.7. The summed E-state index contributed by atoms with van der Waals surface area (Å²) >= 11 is 1.72. The van der Waals surface area contributed by atoms with Gasteiger partial charge in [0, 0.05) is 43.7 Å². The molecule has 1 fully saturated rings. The first kappa shape index (κ1) is 15.9. The van der Waals surface area contributed by atoms with E-state index in [0.29, 0.717) is 13.1 Å². The molecule has 2 aromatic rings. The Hall–Kier alpha value is -1.99. The van der Waals surface area contributed by atoms with Crippen LogP contribution in [0.25, 0.3) is 0 Å². The lowest BCUT2D eigenvalue weighted by Gasteiger charge is -2.34. The zero-order valence-corrected chi connectivity index (χ0v) is 13.3. The van der Waals surface area contributed by atoms with E-state index in [2.05, 4.69) is 21.7 Å². The van der Waals surface area contributed by atoms with Crippen molar-refractivity contribution >= 4 is 23.1 Å². The molecule has 1 saturated heterocycles. The summed E-state index contributed by atoms with van der Waals surface area (Å²) in [6.07, 6.45) is 0. The minimum atomic E-state index is -0.769. The van der Waals surface area contributed by atoms with Gasteiger partial charge in [-0.05, 0) is 23.6 Å². The number of nitrogens with one attached hydrogen (secondary N) is 1. The average Bonchev–Trinajstić information content (AvgIpc) is 3.04. The van der Waals surface area contributed by atoms with E-state index in [-0.39, 0.29) is 11.7 Å². The van der Waals surface area contributed by atoms with Crippen molar-refractivity contribution in [3.05, 3.63) is 52.2 Å². The van der Waals surface area contributed by atoms with Gasteiger partial charge in [-0.2, -0.15) is 0 Å². The van der Waals surface area contributed by atoms with Crippen LogP contribution in [0, 0.1) is 11.6 Å². The molecule has 7 heteroatoms. The van der Waals surface area contributed by atoms with Gasteiger partial charge in [-0.15, -0.1) is 11.3 Å². The summed E-state index contributed by atoms with van der Waals surface area (Å²) < 4.78 is 26.4. The summed E-state index contributed by atoms with van der Waals surface area (Å²) in [6, 6.07) is 6.88. The molecular weight excluding hydrogens is 320 g/mol. The van der Waals surface area contributed by atoms with E-state index in [0.717, 1.165) is 31.8 Å². The Morgan fingerprint density at radius 3 is 2.61 bits per heavy atom. The van der Waals surface area contributed by atoms with Crippen LogP contribution >= 0.6 is 11.3 Å². The van der Waals surface area contributed by atoms with Gasteiger partial charge in [0.2, 0.25) is 0 Å². The minimum absolute atomic E-state index is 0.00239. The number of urea groups is 1. The fraction of sp³-hybridized carbons (Fsp3) is 0.312. The van der Waals surface area contributed by atoms with E-state index < -0.39 is 11.6 Å². The van der Waals surface area contributed by atoms with Crippen molar-refractivity contribution < 1.29 is 13.6 Å². The first-order valence-electron chi connectivity index (χ1n) is 7.37. The molecule has 0 aliphatic carbocycles. The molecule has 1 aliphatic rings. The van der Waals surface area contributed by atoms with Crippen LogP contribution in [-0.2, 0) is 6.54 Å². The van der Waals surface area contributed by atoms with Crippen molar-refractivity contribution in [2.45, 2.75) is 6.54 Å². The highest BCUT2D eigenvalue weighted by Gasteiger charge is 2.22. The second-order valence-corrected chi connectivity index (χ2v) is 6.43. The second kappa shape index (κ2) is 7.06. The third-order valence-corrected chi connectivity index (χ3v) is 4.65. The van der Waals surface area contributed by atoms with E-state index in [9.17, 15) is 13.6 Å². The number of carbonyl (C=O) groups is 1. The molecule has 2 amide bonds. The van der Waals surface area contributed by atoms with Crippen molar-refractivity contribution in [3.63, 3.8) is 0 Å². The van der Waals surface area contributed by atoms with Gasteiger partial charge in [0.25, 0.3) is 0 Å². The minimum Gasteiger partial charge on any atom is -0.322 e. The van der Waals surface area contributed by atoms with Gasteiger partial charge in [-0.1, -0.05) is 6.07 Å². The molecule has 0 atom stereocenters. The lowest BCUT2D eigenvalue weighted by molar-refractivity contribution is 0.143. The predicted octanol–water partition coefficient (Wildman–Crippen LogP) is 3.38. The largest absolute Gasteiger partial charge is 0.322 e. The molecule has 0 radical (unpaired) electrons. The molecule has 0 unspecified atom stereocenters. The van der Waals surface area contributed by atoms with Crippen LogP contribution in [0.1, 0.15) is 4.88 Å².